The number of rotatable bonds is 3. The summed E-state index contributed by atoms with van der Waals surface area (Å²) in [5.41, 5.74) is 3.36. The molecule has 0 N–H and O–H groups in total. The summed E-state index contributed by atoms with van der Waals surface area (Å²) in [5.74, 6) is 0.446. The molecule has 0 radical (unpaired) electrons. The van der Waals surface area contributed by atoms with Crippen LogP contribution in [0.1, 0.15) is 55.2 Å². The molecule has 2 aromatic rings. The van der Waals surface area contributed by atoms with Gasteiger partial charge in [-0.3, -0.25) is 14.2 Å². The fraction of sp³-hybridized carbons (Fsp3) is 0.500. The van der Waals surface area contributed by atoms with Crippen LogP contribution in [0, 0.1) is 12.8 Å². The number of aromatic nitrogens is 2. The average Bonchev–Trinajstić information content (AvgIpc) is 3.28. The Kier molecular flexibility index (Phi) is 4.67. The highest BCUT2D eigenvalue weighted by molar-refractivity contribution is 6.31. The lowest BCUT2D eigenvalue weighted by molar-refractivity contribution is 0.0996. The molecule has 0 bridgehead atoms. The molecule has 0 saturated heterocycles. The Labute approximate surface area is 154 Å². The first-order valence-corrected chi connectivity index (χ1v) is 9.17. The zero-order chi connectivity index (χ0) is 18.4. The average molecular weight is 360 g/mol. The van der Waals surface area contributed by atoms with Crippen LogP contribution in [0.5, 0.6) is 0 Å². The van der Waals surface area contributed by atoms with E-state index in [-0.39, 0.29) is 11.3 Å². The van der Waals surface area contributed by atoms with Crippen LogP contribution in [0.2, 0.25) is 5.02 Å². The molecule has 0 unspecified atom stereocenters. The molecule has 1 fully saturated rings. The van der Waals surface area contributed by atoms with E-state index in [2.05, 4.69) is 42.2 Å². The molecule has 1 amide bonds. The lowest BCUT2D eigenvalue weighted by Gasteiger charge is -2.20. The van der Waals surface area contributed by atoms with Gasteiger partial charge in [-0.05, 0) is 43.4 Å². The predicted octanol–water partition coefficient (Wildman–Crippen LogP) is 4.24. The molecule has 1 aliphatic carbocycles. The van der Waals surface area contributed by atoms with E-state index in [9.17, 15) is 4.79 Å². The SMILES string of the molecule is Cc1ccc(C(=O)/N=c2\cc(C(C)(C)C)n(C)n2CC2CC2)cc1Cl. The monoisotopic (exact) mass is 359 g/mol. The molecule has 1 heterocycles. The van der Waals surface area contributed by atoms with Gasteiger partial charge in [0.2, 0.25) is 0 Å². The number of benzene rings is 1. The summed E-state index contributed by atoms with van der Waals surface area (Å²) < 4.78 is 4.28. The van der Waals surface area contributed by atoms with Crippen molar-refractivity contribution < 1.29 is 4.79 Å². The molecule has 0 aliphatic heterocycles. The van der Waals surface area contributed by atoms with Gasteiger partial charge in [0.25, 0.3) is 5.91 Å². The van der Waals surface area contributed by atoms with E-state index in [1.807, 2.05) is 19.1 Å². The van der Waals surface area contributed by atoms with Gasteiger partial charge in [-0.2, -0.15) is 4.99 Å². The van der Waals surface area contributed by atoms with E-state index in [1.54, 1.807) is 12.1 Å². The van der Waals surface area contributed by atoms with Crippen molar-refractivity contribution in [1.29, 1.82) is 0 Å². The van der Waals surface area contributed by atoms with Crippen LogP contribution in [0.15, 0.2) is 29.3 Å². The van der Waals surface area contributed by atoms with Crippen molar-refractivity contribution in [3.05, 3.63) is 51.6 Å². The topological polar surface area (TPSA) is 39.3 Å². The number of carbonyl (C=O) groups excluding carboxylic acids is 1. The first kappa shape index (κ1) is 18.0. The number of halogens is 1. The smallest absolute Gasteiger partial charge is 0.279 e. The standard InChI is InChI=1S/C20H26ClN3O/c1-13-6-9-15(10-16(13)21)19(25)22-18-11-17(20(2,3)4)23(5)24(18)12-14-7-8-14/h6,9-11,14H,7-8,12H2,1-5H3/b22-18+. The van der Waals surface area contributed by atoms with Gasteiger partial charge in [-0.15, -0.1) is 0 Å². The Balaban J connectivity index is 2.06. The third kappa shape index (κ3) is 3.90. The van der Waals surface area contributed by atoms with Crippen molar-refractivity contribution in [2.75, 3.05) is 0 Å². The molecule has 1 aliphatic rings. The molecule has 4 nitrogen and oxygen atoms in total. The fourth-order valence-corrected chi connectivity index (χ4v) is 3.20. The summed E-state index contributed by atoms with van der Waals surface area (Å²) in [4.78, 5) is 17.1. The van der Waals surface area contributed by atoms with Gasteiger partial charge in [0.15, 0.2) is 5.49 Å². The van der Waals surface area contributed by atoms with Crippen molar-refractivity contribution in [1.82, 2.24) is 9.36 Å². The minimum atomic E-state index is -0.252. The maximum Gasteiger partial charge on any atom is 0.279 e. The highest BCUT2D eigenvalue weighted by atomic mass is 35.5. The van der Waals surface area contributed by atoms with Crippen LogP contribution < -0.4 is 5.49 Å². The highest BCUT2D eigenvalue weighted by Gasteiger charge is 2.26. The summed E-state index contributed by atoms with van der Waals surface area (Å²) in [5, 5.41) is 0.593. The summed E-state index contributed by atoms with van der Waals surface area (Å²) in [7, 11) is 2.05. The van der Waals surface area contributed by atoms with Crippen LogP contribution in [-0.4, -0.2) is 15.3 Å². The third-order valence-electron chi connectivity index (χ3n) is 4.77. The molecule has 134 valence electrons. The summed E-state index contributed by atoms with van der Waals surface area (Å²) in [6.07, 6.45) is 2.51. The Bertz CT molecular complexity index is 879. The van der Waals surface area contributed by atoms with E-state index < -0.39 is 0 Å². The van der Waals surface area contributed by atoms with Crippen molar-refractivity contribution in [3.63, 3.8) is 0 Å². The van der Waals surface area contributed by atoms with E-state index >= 15 is 0 Å². The van der Waals surface area contributed by atoms with Crippen LogP contribution in [0.3, 0.4) is 0 Å². The maximum absolute atomic E-state index is 12.7. The highest BCUT2D eigenvalue weighted by Crippen LogP contribution is 2.30. The van der Waals surface area contributed by atoms with Crippen LogP contribution in [-0.2, 0) is 19.0 Å². The van der Waals surface area contributed by atoms with Gasteiger partial charge in [0, 0.05) is 41.4 Å². The molecule has 1 aromatic carbocycles. The zero-order valence-corrected chi connectivity index (χ0v) is 16.4. The van der Waals surface area contributed by atoms with E-state index in [1.165, 1.54) is 18.5 Å². The number of nitrogens with zero attached hydrogens (tertiary/aromatic N) is 3. The van der Waals surface area contributed by atoms with E-state index in [4.69, 9.17) is 11.6 Å². The van der Waals surface area contributed by atoms with E-state index in [0.717, 1.165) is 17.6 Å². The Hall–Kier alpha value is -1.81. The van der Waals surface area contributed by atoms with E-state index in [0.29, 0.717) is 16.5 Å². The van der Waals surface area contributed by atoms with Crippen molar-refractivity contribution >= 4 is 17.5 Å². The van der Waals surface area contributed by atoms with Gasteiger partial charge < -0.3 is 0 Å². The molecule has 0 spiro atoms. The molecule has 0 atom stereocenters. The van der Waals surface area contributed by atoms with Gasteiger partial charge >= 0.3 is 0 Å². The minimum absolute atomic E-state index is 0.00989. The zero-order valence-electron chi connectivity index (χ0n) is 15.6. The van der Waals surface area contributed by atoms with Crippen molar-refractivity contribution in [2.24, 2.45) is 18.0 Å². The number of hydrogen-bond acceptors (Lipinski definition) is 1. The van der Waals surface area contributed by atoms with Gasteiger partial charge in [0.05, 0.1) is 0 Å². The molecular formula is C20H26ClN3O. The maximum atomic E-state index is 12.7. The minimum Gasteiger partial charge on any atom is -0.291 e. The van der Waals surface area contributed by atoms with Crippen molar-refractivity contribution in [2.45, 2.75) is 52.5 Å². The van der Waals surface area contributed by atoms with Crippen LogP contribution in [0.4, 0.5) is 0 Å². The lowest BCUT2D eigenvalue weighted by Crippen LogP contribution is -2.26. The molecule has 3 rings (SSSR count). The second kappa shape index (κ2) is 6.49. The van der Waals surface area contributed by atoms with Crippen LogP contribution in [0.25, 0.3) is 0 Å². The molecular weight excluding hydrogens is 334 g/mol. The first-order valence-electron chi connectivity index (χ1n) is 8.79. The largest absolute Gasteiger partial charge is 0.291 e. The molecule has 1 saturated carbocycles. The first-order chi connectivity index (χ1) is 11.7. The fourth-order valence-electron chi connectivity index (χ4n) is 3.02. The summed E-state index contributed by atoms with van der Waals surface area (Å²) in [6.45, 7) is 9.36. The second-order valence-electron chi connectivity index (χ2n) is 8.07. The number of carbonyl (C=O) groups is 1. The predicted molar refractivity (Wildman–Crippen MR) is 101 cm³/mol. The molecule has 25 heavy (non-hydrogen) atoms. The quantitative estimate of drug-likeness (QED) is 0.808. The summed E-state index contributed by atoms with van der Waals surface area (Å²) in [6, 6.07) is 7.37. The van der Waals surface area contributed by atoms with Crippen molar-refractivity contribution in [3.8, 4) is 0 Å². The molecule has 1 aromatic heterocycles. The van der Waals surface area contributed by atoms with Gasteiger partial charge in [-0.1, -0.05) is 38.4 Å². The van der Waals surface area contributed by atoms with Crippen LogP contribution >= 0.6 is 11.6 Å². The van der Waals surface area contributed by atoms with Gasteiger partial charge in [0.1, 0.15) is 0 Å². The number of amides is 1. The number of aryl methyl sites for hydroxylation is 1. The Morgan fingerprint density at radius 1 is 1.28 bits per heavy atom. The number of hydrogen-bond donors (Lipinski definition) is 0. The van der Waals surface area contributed by atoms with Gasteiger partial charge in [-0.25, -0.2) is 0 Å². The third-order valence-corrected chi connectivity index (χ3v) is 5.18. The normalized spacial score (nSPS) is 15.7. The Morgan fingerprint density at radius 3 is 2.52 bits per heavy atom. The summed E-state index contributed by atoms with van der Waals surface area (Å²) >= 11 is 6.16. The Morgan fingerprint density at radius 2 is 1.96 bits per heavy atom. The lowest BCUT2D eigenvalue weighted by atomic mass is 9.92. The molecule has 5 heteroatoms. The second-order valence-corrected chi connectivity index (χ2v) is 8.47.